The Balaban J connectivity index is 1.31. The lowest BCUT2D eigenvalue weighted by atomic mass is 10.1. The maximum atomic E-state index is 12.1. The topological polar surface area (TPSA) is 69.8 Å². The van der Waals surface area contributed by atoms with E-state index in [9.17, 15) is 4.79 Å². The average molecular weight is 306 g/mol. The van der Waals surface area contributed by atoms with Crippen LogP contribution in [0.4, 0.5) is 10.5 Å². The van der Waals surface area contributed by atoms with Gasteiger partial charge in [-0.25, -0.2) is 4.79 Å². The van der Waals surface area contributed by atoms with E-state index in [0.717, 1.165) is 29.4 Å². The third-order valence-electron chi connectivity index (χ3n) is 4.28. The molecule has 0 spiro atoms. The Morgan fingerprint density at radius 2 is 2.09 bits per heavy atom. The first kappa shape index (κ1) is 13.8. The van der Waals surface area contributed by atoms with Crippen molar-refractivity contribution >= 4 is 22.6 Å². The zero-order valence-electron chi connectivity index (χ0n) is 12.6. The zero-order valence-corrected chi connectivity index (χ0v) is 12.6. The van der Waals surface area contributed by atoms with Gasteiger partial charge in [0.15, 0.2) is 0 Å². The standard InChI is InChI=1S/C18H18N4O/c23-18(20-15-6-7-16-14(9-15)11-19-22-16)21-17-10-13(17)8-12-4-2-1-3-5-12/h1-7,9,11,13,17H,8,10H2,(H,19,22)(H2,20,21,23). The molecule has 2 atom stereocenters. The number of H-pyrrole nitrogens is 1. The van der Waals surface area contributed by atoms with Crippen molar-refractivity contribution in [3.8, 4) is 0 Å². The molecule has 1 aliphatic carbocycles. The van der Waals surface area contributed by atoms with E-state index in [1.807, 2.05) is 24.3 Å². The molecule has 3 aromatic rings. The summed E-state index contributed by atoms with van der Waals surface area (Å²) in [5, 5.41) is 13.8. The molecule has 5 nitrogen and oxygen atoms in total. The molecule has 0 saturated heterocycles. The van der Waals surface area contributed by atoms with Crippen molar-refractivity contribution in [3.05, 3.63) is 60.3 Å². The molecule has 1 saturated carbocycles. The molecule has 3 N–H and O–H groups in total. The maximum Gasteiger partial charge on any atom is 0.319 e. The predicted octanol–water partition coefficient (Wildman–Crippen LogP) is 3.32. The number of nitrogens with zero attached hydrogens (tertiary/aromatic N) is 1. The van der Waals surface area contributed by atoms with Crippen molar-refractivity contribution in [2.75, 3.05) is 5.32 Å². The van der Waals surface area contributed by atoms with Gasteiger partial charge in [-0.05, 0) is 42.5 Å². The fraction of sp³-hybridized carbons (Fsp3) is 0.222. The molecule has 1 heterocycles. The summed E-state index contributed by atoms with van der Waals surface area (Å²) in [6, 6.07) is 16.2. The number of aromatic amines is 1. The Kier molecular flexibility index (Phi) is 3.46. The maximum absolute atomic E-state index is 12.1. The molecular formula is C18H18N4O. The van der Waals surface area contributed by atoms with Gasteiger partial charge in [0.25, 0.3) is 0 Å². The lowest BCUT2D eigenvalue weighted by molar-refractivity contribution is 0.251. The van der Waals surface area contributed by atoms with E-state index in [4.69, 9.17) is 0 Å². The van der Waals surface area contributed by atoms with Crippen LogP contribution in [0.1, 0.15) is 12.0 Å². The second-order valence-corrected chi connectivity index (χ2v) is 6.06. The van der Waals surface area contributed by atoms with Gasteiger partial charge in [0, 0.05) is 17.1 Å². The molecule has 0 bridgehead atoms. The highest BCUT2D eigenvalue weighted by Crippen LogP contribution is 2.33. The molecule has 2 amide bonds. The van der Waals surface area contributed by atoms with Gasteiger partial charge in [-0.3, -0.25) is 5.10 Å². The van der Waals surface area contributed by atoms with E-state index >= 15 is 0 Å². The van der Waals surface area contributed by atoms with Gasteiger partial charge < -0.3 is 10.6 Å². The van der Waals surface area contributed by atoms with E-state index in [1.165, 1.54) is 5.56 Å². The largest absolute Gasteiger partial charge is 0.335 e. The van der Waals surface area contributed by atoms with Crippen LogP contribution in [0, 0.1) is 5.92 Å². The number of hydrogen-bond acceptors (Lipinski definition) is 2. The molecule has 0 aliphatic heterocycles. The molecule has 4 rings (SSSR count). The van der Waals surface area contributed by atoms with Crippen LogP contribution in [0.15, 0.2) is 54.7 Å². The Bertz CT molecular complexity index is 827. The van der Waals surface area contributed by atoms with Gasteiger partial charge >= 0.3 is 6.03 Å². The number of aromatic nitrogens is 2. The average Bonchev–Trinajstić information content (AvgIpc) is 3.09. The smallest absolute Gasteiger partial charge is 0.319 e. The number of benzene rings is 2. The minimum atomic E-state index is -0.145. The molecule has 5 heteroatoms. The quantitative estimate of drug-likeness (QED) is 0.692. The van der Waals surface area contributed by atoms with Gasteiger partial charge in [-0.1, -0.05) is 30.3 Å². The summed E-state index contributed by atoms with van der Waals surface area (Å²) >= 11 is 0. The van der Waals surface area contributed by atoms with E-state index in [0.29, 0.717) is 5.92 Å². The van der Waals surface area contributed by atoms with Gasteiger partial charge in [-0.2, -0.15) is 5.10 Å². The van der Waals surface area contributed by atoms with Crippen molar-refractivity contribution in [1.29, 1.82) is 0 Å². The lowest BCUT2D eigenvalue weighted by Crippen LogP contribution is -2.31. The van der Waals surface area contributed by atoms with Gasteiger partial charge in [0.05, 0.1) is 11.7 Å². The number of nitrogens with one attached hydrogen (secondary N) is 3. The minimum absolute atomic E-state index is 0.145. The van der Waals surface area contributed by atoms with Crippen LogP contribution in [0.25, 0.3) is 10.9 Å². The number of amides is 2. The molecule has 1 aliphatic rings. The number of hydrogen-bond donors (Lipinski definition) is 3. The highest BCUT2D eigenvalue weighted by atomic mass is 16.2. The Morgan fingerprint density at radius 1 is 1.22 bits per heavy atom. The summed E-state index contributed by atoms with van der Waals surface area (Å²) in [5.41, 5.74) is 3.06. The Morgan fingerprint density at radius 3 is 2.96 bits per heavy atom. The van der Waals surface area contributed by atoms with Crippen molar-refractivity contribution in [1.82, 2.24) is 15.5 Å². The van der Waals surface area contributed by atoms with Gasteiger partial charge in [-0.15, -0.1) is 0 Å². The Labute approximate surface area is 134 Å². The number of anilines is 1. The fourth-order valence-electron chi connectivity index (χ4n) is 2.92. The number of fused-ring (bicyclic) bond motifs is 1. The normalized spacial score (nSPS) is 19.5. The predicted molar refractivity (Wildman–Crippen MR) is 90.3 cm³/mol. The first-order valence-corrected chi connectivity index (χ1v) is 7.82. The first-order chi connectivity index (χ1) is 11.3. The summed E-state index contributed by atoms with van der Waals surface area (Å²) in [5.74, 6) is 0.541. The summed E-state index contributed by atoms with van der Waals surface area (Å²) in [6.45, 7) is 0. The van der Waals surface area contributed by atoms with Crippen LogP contribution < -0.4 is 10.6 Å². The van der Waals surface area contributed by atoms with Crippen LogP contribution >= 0.6 is 0 Å². The summed E-state index contributed by atoms with van der Waals surface area (Å²) in [7, 11) is 0. The van der Waals surface area contributed by atoms with Crippen molar-refractivity contribution in [2.24, 2.45) is 5.92 Å². The van der Waals surface area contributed by atoms with Gasteiger partial charge in [0.1, 0.15) is 0 Å². The summed E-state index contributed by atoms with van der Waals surface area (Å²) < 4.78 is 0. The third-order valence-corrected chi connectivity index (χ3v) is 4.28. The molecular weight excluding hydrogens is 288 g/mol. The molecule has 2 unspecified atom stereocenters. The fourth-order valence-corrected chi connectivity index (χ4v) is 2.92. The molecule has 1 fully saturated rings. The van der Waals surface area contributed by atoms with Gasteiger partial charge in [0.2, 0.25) is 0 Å². The van der Waals surface area contributed by atoms with Crippen LogP contribution in [-0.2, 0) is 6.42 Å². The number of carbonyl (C=O) groups is 1. The van der Waals surface area contributed by atoms with Crippen molar-refractivity contribution < 1.29 is 4.79 Å². The van der Waals surface area contributed by atoms with E-state index < -0.39 is 0 Å². The van der Waals surface area contributed by atoms with E-state index in [-0.39, 0.29) is 12.1 Å². The van der Waals surface area contributed by atoms with E-state index in [2.05, 4.69) is 45.1 Å². The Hall–Kier alpha value is -2.82. The zero-order chi connectivity index (χ0) is 15.6. The highest BCUT2D eigenvalue weighted by Gasteiger charge is 2.38. The monoisotopic (exact) mass is 306 g/mol. The van der Waals surface area contributed by atoms with Crippen LogP contribution in [0.5, 0.6) is 0 Å². The molecule has 116 valence electrons. The summed E-state index contributed by atoms with van der Waals surface area (Å²) in [4.78, 5) is 12.1. The molecule has 0 radical (unpaired) electrons. The molecule has 2 aromatic carbocycles. The third kappa shape index (κ3) is 3.18. The second-order valence-electron chi connectivity index (χ2n) is 6.06. The SMILES string of the molecule is O=C(Nc1ccc2[nH]ncc2c1)NC1CC1Cc1ccccc1. The van der Waals surface area contributed by atoms with E-state index in [1.54, 1.807) is 6.20 Å². The summed E-state index contributed by atoms with van der Waals surface area (Å²) in [6.07, 6.45) is 3.81. The second kappa shape index (κ2) is 5.76. The van der Waals surface area contributed by atoms with Crippen LogP contribution in [0.2, 0.25) is 0 Å². The lowest BCUT2D eigenvalue weighted by Gasteiger charge is -2.07. The highest BCUT2D eigenvalue weighted by molar-refractivity contribution is 5.92. The number of carbonyl (C=O) groups excluding carboxylic acids is 1. The minimum Gasteiger partial charge on any atom is -0.335 e. The number of rotatable bonds is 4. The first-order valence-electron chi connectivity index (χ1n) is 7.82. The molecule has 1 aromatic heterocycles. The van der Waals surface area contributed by atoms with Crippen LogP contribution in [-0.4, -0.2) is 22.3 Å². The number of urea groups is 1. The van der Waals surface area contributed by atoms with Crippen molar-refractivity contribution in [3.63, 3.8) is 0 Å². The molecule has 23 heavy (non-hydrogen) atoms. The van der Waals surface area contributed by atoms with Crippen molar-refractivity contribution in [2.45, 2.75) is 18.9 Å². The van der Waals surface area contributed by atoms with Crippen LogP contribution in [0.3, 0.4) is 0 Å².